The summed E-state index contributed by atoms with van der Waals surface area (Å²) in [4.78, 5) is 131. The minimum atomic E-state index is -0.984. The second-order valence-electron chi connectivity index (χ2n) is 28.3. The predicted octanol–water partition coefficient (Wildman–Crippen LogP) is 4.97. The number of aryl methyl sites for hydroxylation is 1. The van der Waals surface area contributed by atoms with Crippen LogP contribution in [0.4, 0.5) is 4.79 Å². The number of hydrogen-bond donors (Lipinski definition) is 7. The van der Waals surface area contributed by atoms with Crippen LogP contribution in [0.5, 0.6) is 0 Å². The van der Waals surface area contributed by atoms with E-state index < -0.39 is 65.2 Å². The van der Waals surface area contributed by atoms with E-state index in [0.29, 0.717) is 200 Å². The quantitative estimate of drug-likeness (QED) is 0.0199. The average Bonchev–Trinajstić information content (AvgIpc) is 1.58. The van der Waals surface area contributed by atoms with Gasteiger partial charge in [-0.05, 0) is 115 Å². The zero-order chi connectivity index (χ0) is 81.0. The third-order valence-electron chi connectivity index (χ3n) is 18.9. The van der Waals surface area contributed by atoms with Gasteiger partial charge in [-0.25, -0.2) is 19.6 Å². The van der Waals surface area contributed by atoms with Crippen molar-refractivity contribution in [3.63, 3.8) is 0 Å². The molecule has 8 bridgehead atoms. The molecule has 0 aromatic carbocycles. The summed E-state index contributed by atoms with van der Waals surface area (Å²) in [6.45, 7) is 28.4. The molecule has 0 radical (unpaired) electrons. The van der Waals surface area contributed by atoms with Crippen molar-refractivity contribution in [2.75, 3.05) is 211 Å². The number of aromatic nitrogens is 4. The van der Waals surface area contributed by atoms with E-state index in [1.165, 1.54) is 29.7 Å². The first-order valence-electron chi connectivity index (χ1n) is 38.9. The lowest BCUT2D eigenvalue weighted by atomic mass is 9.84. The Labute approximate surface area is 656 Å². The highest BCUT2D eigenvalue weighted by molar-refractivity contribution is 6.23. The molecule has 1 fully saturated rings. The van der Waals surface area contributed by atoms with E-state index in [0.717, 1.165) is 16.7 Å². The summed E-state index contributed by atoms with van der Waals surface area (Å²) in [5.41, 5.74) is 8.76. The first kappa shape index (κ1) is 91.0. The van der Waals surface area contributed by atoms with Gasteiger partial charge in [0.05, 0.1) is 191 Å². The fourth-order valence-corrected chi connectivity index (χ4v) is 12.7. The summed E-state index contributed by atoms with van der Waals surface area (Å²) < 4.78 is 71.0. The smallest absolute Gasteiger partial charge is 0.407 e. The van der Waals surface area contributed by atoms with E-state index in [1.54, 1.807) is 33.9 Å². The van der Waals surface area contributed by atoms with E-state index in [4.69, 9.17) is 76.7 Å². The number of esters is 1. The summed E-state index contributed by atoms with van der Waals surface area (Å²) in [6.07, 6.45) is 3.47. The summed E-state index contributed by atoms with van der Waals surface area (Å²) in [5, 5.41) is 19.6. The summed E-state index contributed by atoms with van der Waals surface area (Å²) in [7, 11) is 1.64. The number of allylic oxidation sites excluding steroid dienone is 5. The van der Waals surface area contributed by atoms with Gasteiger partial charge >= 0.3 is 12.1 Å². The van der Waals surface area contributed by atoms with Gasteiger partial charge in [-0.2, -0.15) is 0 Å². The molecule has 2 aromatic heterocycles. The molecule has 33 nitrogen and oxygen atoms in total. The SMILES string of the molecule is CCC1=C(C)c2cc3nc(cc4[nH]c(c5c6[nH]c(cc1n2)c(C)c6C(=O)N(CCN1CCOCC1)C5=O)[C@@H](CCC(=O)N(C)CCNC(=O)[C@H](C)NC(=O)[C@H](C)NC(=O)CCOCCOCCOCCOCCOCCOCCOCCOCCNC(=O)OC(C)(C)C)[C@@H]4C)C(C)=C3/C=C/C(=O)OCCOCCOCCO. The number of fused-ring (bicyclic) bond motifs is 8. The van der Waals surface area contributed by atoms with Crippen LogP contribution in [-0.4, -0.2) is 316 Å². The Kier molecular flexibility index (Phi) is 39.1. The van der Waals surface area contributed by atoms with Crippen molar-refractivity contribution in [1.82, 2.24) is 55.9 Å². The number of amides is 7. The Morgan fingerprint density at radius 2 is 1.19 bits per heavy atom. The molecule has 0 saturated carbocycles. The number of carbonyl (C=O) groups excluding carboxylic acids is 8. The Bertz CT molecular complexity index is 3750. The zero-order valence-electron chi connectivity index (χ0n) is 67.2. The number of aliphatic hydroxyl groups excluding tert-OH is 1. The number of alkyl carbamates (subject to hydrolysis) is 1. The number of nitrogens with one attached hydrogen (secondary N) is 6. The van der Waals surface area contributed by atoms with Crippen molar-refractivity contribution in [3.05, 3.63) is 81.2 Å². The highest BCUT2D eigenvalue weighted by atomic mass is 16.6. The maximum atomic E-state index is 15.5. The van der Waals surface area contributed by atoms with Gasteiger partial charge in [0.1, 0.15) is 24.3 Å². The normalized spacial score (nSPS) is 16.1. The van der Waals surface area contributed by atoms with Gasteiger partial charge in [0.25, 0.3) is 11.8 Å². The molecule has 5 aliphatic rings. The van der Waals surface area contributed by atoms with Gasteiger partial charge in [0.15, 0.2) is 0 Å². The lowest BCUT2D eigenvalue weighted by Gasteiger charge is -2.31. The molecule has 7 N–H and O–H groups in total. The predicted molar refractivity (Wildman–Crippen MR) is 415 cm³/mol. The van der Waals surface area contributed by atoms with Crippen LogP contribution in [0.3, 0.4) is 0 Å². The molecular weight excluding hydrogens is 1450 g/mol. The number of carbonyl (C=O) groups is 8. The molecule has 112 heavy (non-hydrogen) atoms. The number of rotatable bonds is 51. The van der Waals surface area contributed by atoms with Crippen LogP contribution in [0, 0.1) is 6.92 Å². The number of morpholine rings is 1. The second kappa shape index (κ2) is 48.1. The van der Waals surface area contributed by atoms with Crippen LogP contribution in [0.25, 0.3) is 33.3 Å². The van der Waals surface area contributed by atoms with Crippen molar-refractivity contribution >= 4 is 80.8 Å². The van der Waals surface area contributed by atoms with Gasteiger partial charge < -0.3 is 103 Å². The average molecular weight is 1570 g/mol. The minimum absolute atomic E-state index is 0.00619. The summed E-state index contributed by atoms with van der Waals surface area (Å²) in [5.74, 6) is -4.04. The monoisotopic (exact) mass is 1570 g/mol. The van der Waals surface area contributed by atoms with Crippen LogP contribution >= 0.6 is 0 Å². The number of likely N-dealkylation sites (N-methyl/N-ethyl adjacent to an activating group) is 1. The highest BCUT2D eigenvalue weighted by Gasteiger charge is 2.41. The van der Waals surface area contributed by atoms with Gasteiger partial charge in [0, 0.05) is 106 Å². The molecule has 0 aliphatic carbocycles. The van der Waals surface area contributed by atoms with Crippen LogP contribution in [0.1, 0.15) is 160 Å². The minimum Gasteiger partial charge on any atom is -0.460 e. The van der Waals surface area contributed by atoms with E-state index in [2.05, 4.69) is 36.1 Å². The van der Waals surface area contributed by atoms with Gasteiger partial charge in [-0.15, -0.1) is 0 Å². The van der Waals surface area contributed by atoms with E-state index in [1.807, 2.05) is 52.8 Å². The number of aromatic amines is 2. The molecule has 622 valence electrons. The Morgan fingerprint density at radius 3 is 1.78 bits per heavy atom. The fraction of sp³-hybridized carbons (Fsp3) is 0.646. The lowest BCUT2D eigenvalue weighted by molar-refractivity contribution is -0.139. The van der Waals surface area contributed by atoms with Crippen LogP contribution in [-0.2, 0) is 85.6 Å². The Hall–Kier alpha value is -8.16. The summed E-state index contributed by atoms with van der Waals surface area (Å²) >= 11 is 0. The molecule has 2 aromatic rings. The van der Waals surface area contributed by atoms with E-state index >= 15 is 4.79 Å². The lowest BCUT2D eigenvalue weighted by Crippen LogP contribution is -2.52. The zero-order valence-corrected chi connectivity index (χ0v) is 67.2. The standard InChI is InChI=1S/C79H119N11O22/c1-12-58-52(2)62-50-66-59(14-16-69(94)111-48-47-110-36-33-103-30-25-91)53(3)61(85-66)49-63-54(4)60(72(86-63)71-73-70(55(5)64(87-73)51-65(58)84-62)76(97)90(77(71)98)22-21-89-23-28-102-29-24-89)13-15-68(93)88(11)20-18-80-74(95)56(6)83-75(96)57(7)82-67(92)17-26-100-31-34-104-37-39-106-41-43-108-45-46-109-44-42-107-40-38-105-35-32-101-27-19-81-78(99)112-79(8,9)10/h14,16,49-51,54,56-57,60,86-87,91H,12-13,15,17-48H2,1-11H3,(H,80,95)(H,81,99)(H,82,92)(H,83,96)/b16-14+,63-49?,65-51?,66-50?,72-71?/t54-,56-,57-,60-/m0/s1. The molecule has 0 spiro atoms. The maximum absolute atomic E-state index is 15.5. The third-order valence-corrected chi connectivity index (χ3v) is 18.9. The number of ether oxygens (including phenoxy) is 13. The topological polar surface area (TPSA) is 392 Å². The Balaban J connectivity index is 0.847. The van der Waals surface area contributed by atoms with Gasteiger partial charge in [-0.1, -0.05) is 13.8 Å². The van der Waals surface area contributed by atoms with Gasteiger partial charge in [-0.3, -0.25) is 38.6 Å². The van der Waals surface area contributed by atoms with E-state index in [9.17, 15) is 33.6 Å². The molecule has 7 amide bonds. The molecular formula is C79H119N11O22. The molecule has 5 aliphatic heterocycles. The van der Waals surface area contributed by atoms with Crippen molar-refractivity contribution in [1.29, 1.82) is 0 Å². The Morgan fingerprint density at radius 1 is 0.643 bits per heavy atom. The third kappa shape index (κ3) is 29.3. The van der Waals surface area contributed by atoms with Gasteiger partial charge in [0.2, 0.25) is 23.6 Å². The molecule has 1 saturated heterocycles. The number of imide groups is 1. The highest BCUT2D eigenvalue weighted by Crippen LogP contribution is 2.45. The first-order valence-corrected chi connectivity index (χ1v) is 38.9. The largest absolute Gasteiger partial charge is 0.460 e. The van der Waals surface area contributed by atoms with Crippen molar-refractivity contribution in [3.8, 4) is 0 Å². The number of hydrogen-bond acceptors (Lipinski definition) is 25. The second-order valence-corrected chi connectivity index (χ2v) is 28.3. The number of H-pyrrole nitrogens is 2. The molecule has 4 atom stereocenters. The van der Waals surface area contributed by atoms with Crippen LogP contribution in [0.15, 0.2) is 30.4 Å². The number of aliphatic hydroxyl groups is 1. The van der Waals surface area contributed by atoms with Crippen molar-refractivity contribution < 1.29 is 105 Å². The maximum Gasteiger partial charge on any atom is 0.407 e. The van der Waals surface area contributed by atoms with Crippen LogP contribution < -0.4 is 21.3 Å². The fourth-order valence-electron chi connectivity index (χ4n) is 12.7. The molecule has 7 rings (SSSR count). The first-order chi connectivity index (χ1) is 53.9. The van der Waals surface area contributed by atoms with Crippen LogP contribution in [0.2, 0.25) is 0 Å². The molecule has 7 heterocycles. The molecule has 33 heteroatoms. The molecule has 0 unspecified atom stereocenters. The van der Waals surface area contributed by atoms with E-state index in [-0.39, 0.29) is 109 Å². The number of nitrogens with zero attached hydrogens (tertiary/aromatic N) is 5. The summed E-state index contributed by atoms with van der Waals surface area (Å²) in [6, 6.07) is 3.81. The van der Waals surface area contributed by atoms with Crippen molar-refractivity contribution in [2.24, 2.45) is 0 Å². The van der Waals surface area contributed by atoms with Crippen molar-refractivity contribution in [2.45, 2.75) is 124 Å².